The molecule has 1 saturated heterocycles. The largest absolute Gasteiger partial charge is 0.481 e. The van der Waals surface area contributed by atoms with Crippen molar-refractivity contribution in [1.29, 1.82) is 0 Å². The van der Waals surface area contributed by atoms with Crippen LogP contribution in [0.15, 0.2) is 12.1 Å². The van der Waals surface area contributed by atoms with Crippen molar-refractivity contribution in [3.63, 3.8) is 0 Å². The molecule has 1 amide bonds. The number of nitro groups is 1. The second-order valence-corrected chi connectivity index (χ2v) is 6.89. The Balaban J connectivity index is 1.97. The first-order valence-electron chi connectivity index (χ1n) is 6.98. The number of carboxylic acid groups (broad SMARTS) is 1. The van der Waals surface area contributed by atoms with Gasteiger partial charge in [0.1, 0.15) is 5.52 Å². The molecule has 1 aliphatic heterocycles. The Bertz CT molecular complexity index is 824. The third kappa shape index (κ3) is 3.17. The lowest BCUT2D eigenvalue weighted by Crippen LogP contribution is -2.47. The highest BCUT2D eigenvalue weighted by Crippen LogP contribution is 2.28. The van der Waals surface area contributed by atoms with E-state index in [9.17, 15) is 19.7 Å². The van der Waals surface area contributed by atoms with Gasteiger partial charge in [0.2, 0.25) is 0 Å². The Hall–Kier alpha value is -2.27. The molecule has 0 spiro atoms. The van der Waals surface area contributed by atoms with Crippen LogP contribution >= 0.6 is 23.5 Å². The summed E-state index contributed by atoms with van der Waals surface area (Å²) >= 11 is 2.43. The number of carbonyl (C=O) groups is 2. The number of hydrogen-bond donors (Lipinski definition) is 1. The summed E-state index contributed by atoms with van der Waals surface area (Å²) in [5.41, 5.74) is 0.298. The van der Waals surface area contributed by atoms with Crippen molar-refractivity contribution in [3.8, 4) is 0 Å². The van der Waals surface area contributed by atoms with E-state index in [4.69, 9.17) is 5.11 Å². The number of fused-ring (bicyclic) bond motifs is 1. The number of carbonyl (C=O) groups excluding carboxylic acids is 1. The summed E-state index contributed by atoms with van der Waals surface area (Å²) in [6, 6.07) is 2.22. The summed E-state index contributed by atoms with van der Waals surface area (Å²) in [4.78, 5) is 35.9. The molecular formula is C13H12N4O5S2. The van der Waals surface area contributed by atoms with Gasteiger partial charge in [-0.1, -0.05) is 0 Å². The van der Waals surface area contributed by atoms with Crippen LogP contribution in [-0.2, 0) is 4.79 Å². The van der Waals surface area contributed by atoms with Crippen LogP contribution in [0.4, 0.5) is 5.69 Å². The van der Waals surface area contributed by atoms with Gasteiger partial charge in [0.05, 0.1) is 29.1 Å². The molecule has 3 rings (SSSR count). The molecule has 1 N–H and O–H groups in total. The molecule has 2 aromatic rings. The van der Waals surface area contributed by atoms with E-state index in [0.29, 0.717) is 23.6 Å². The fourth-order valence-corrected chi connectivity index (χ4v) is 4.19. The topological polar surface area (TPSA) is 127 Å². The van der Waals surface area contributed by atoms with E-state index < -0.39 is 22.8 Å². The Morgan fingerprint density at radius 1 is 1.42 bits per heavy atom. The molecule has 2 heterocycles. The highest BCUT2D eigenvalue weighted by molar-refractivity contribution is 7.99. The molecule has 0 saturated carbocycles. The zero-order valence-corrected chi connectivity index (χ0v) is 13.9. The average Bonchev–Trinajstić information content (AvgIpc) is 3.01. The van der Waals surface area contributed by atoms with Gasteiger partial charge in [-0.05, 0) is 6.07 Å². The number of carboxylic acids is 1. The van der Waals surface area contributed by atoms with Gasteiger partial charge in [-0.2, -0.15) is 20.5 Å². The van der Waals surface area contributed by atoms with Gasteiger partial charge in [-0.25, -0.2) is 0 Å². The van der Waals surface area contributed by atoms with Crippen molar-refractivity contribution >= 4 is 52.1 Å². The molecule has 24 heavy (non-hydrogen) atoms. The predicted octanol–water partition coefficient (Wildman–Crippen LogP) is 1.63. The number of rotatable bonds is 4. The molecule has 1 aliphatic rings. The molecule has 1 unspecified atom stereocenters. The smallest absolute Gasteiger partial charge is 0.305 e. The van der Waals surface area contributed by atoms with Crippen LogP contribution < -0.4 is 0 Å². The molecule has 1 aromatic carbocycles. The van der Waals surface area contributed by atoms with Crippen LogP contribution in [0, 0.1) is 10.1 Å². The molecule has 1 fully saturated rings. The van der Waals surface area contributed by atoms with E-state index in [0.717, 1.165) is 11.7 Å². The first kappa shape index (κ1) is 16.6. The van der Waals surface area contributed by atoms with Crippen LogP contribution in [0.3, 0.4) is 0 Å². The average molecular weight is 368 g/mol. The van der Waals surface area contributed by atoms with E-state index in [-0.39, 0.29) is 23.2 Å². The van der Waals surface area contributed by atoms with Crippen molar-refractivity contribution in [2.24, 2.45) is 0 Å². The lowest BCUT2D eigenvalue weighted by molar-refractivity contribution is -0.383. The Morgan fingerprint density at radius 2 is 2.21 bits per heavy atom. The Morgan fingerprint density at radius 3 is 2.92 bits per heavy atom. The van der Waals surface area contributed by atoms with Crippen molar-refractivity contribution in [2.75, 3.05) is 18.1 Å². The van der Waals surface area contributed by atoms with Crippen LogP contribution in [-0.4, -0.2) is 59.6 Å². The molecule has 0 radical (unpaired) electrons. The number of benzene rings is 1. The van der Waals surface area contributed by atoms with Crippen LogP contribution in [0.2, 0.25) is 0 Å². The number of nitro benzene ring substituents is 1. The lowest BCUT2D eigenvalue weighted by atomic mass is 10.1. The van der Waals surface area contributed by atoms with Gasteiger partial charge < -0.3 is 10.0 Å². The summed E-state index contributed by atoms with van der Waals surface area (Å²) in [6.07, 6.45) is -0.151. The molecule has 1 atom stereocenters. The summed E-state index contributed by atoms with van der Waals surface area (Å²) in [5.74, 6) is -0.171. The van der Waals surface area contributed by atoms with E-state index in [1.807, 2.05) is 0 Å². The molecule has 126 valence electrons. The number of aromatic nitrogens is 2. The lowest BCUT2D eigenvalue weighted by Gasteiger charge is -2.34. The zero-order valence-electron chi connectivity index (χ0n) is 12.2. The predicted molar refractivity (Wildman–Crippen MR) is 88.5 cm³/mol. The fraction of sp³-hybridized carbons (Fsp3) is 0.385. The maximum atomic E-state index is 12.8. The monoisotopic (exact) mass is 368 g/mol. The summed E-state index contributed by atoms with van der Waals surface area (Å²) < 4.78 is 7.86. The van der Waals surface area contributed by atoms with E-state index in [2.05, 4.69) is 8.75 Å². The highest BCUT2D eigenvalue weighted by atomic mass is 32.2. The summed E-state index contributed by atoms with van der Waals surface area (Å²) in [7, 11) is 0. The van der Waals surface area contributed by atoms with Gasteiger partial charge in [0, 0.05) is 29.7 Å². The minimum absolute atomic E-state index is 0.129. The minimum atomic E-state index is -0.981. The SMILES string of the molecule is O=C(O)CC1CSCCN1C(=O)c1cc([N+](=O)[O-])c2nsnc2c1. The van der Waals surface area contributed by atoms with Crippen LogP contribution in [0.5, 0.6) is 0 Å². The number of hydrogen-bond acceptors (Lipinski definition) is 8. The van der Waals surface area contributed by atoms with E-state index >= 15 is 0 Å². The zero-order chi connectivity index (χ0) is 17.3. The first-order chi connectivity index (χ1) is 11.5. The van der Waals surface area contributed by atoms with Gasteiger partial charge in [-0.3, -0.25) is 19.7 Å². The summed E-state index contributed by atoms with van der Waals surface area (Å²) in [5, 5.41) is 20.2. The minimum Gasteiger partial charge on any atom is -0.481 e. The molecule has 0 aliphatic carbocycles. The Labute approximate surface area is 144 Å². The second kappa shape index (κ2) is 6.69. The van der Waals surface area contributed by atoms with Crippen molar-refractivity contribution in [2.45, 2.75) is 12.5 Å². The van der Waals surface area contributed by atoms with Crippen molar-refractivity contribution < 1.29 is 19.6 Å². The fourth-order valence-electron chi connectivity index (χ4n) is 2.59. The van der Waals surface area contributed by atoms with Gasteiger partial charge >= 0.3 is 5.97 Å². The first-order valence-corrected chi connectivity index (χ1v) is 8.87. The Kier molecular flexibility index (Phi) is 4.62. The number of nitrogens with zero attached hydrogens (tertiary/aromatic N) is 4. The normalized spacial score (nSPS) is 17.8. The van der Waals surface area contributed by atoms with Crippen molar-refractivity contribution in [3.05, 3.63) is 27.8 Å². The van der Waals surface area contributed by atoms with Crippen LogP contribution in [0.1, 0.15) is 16.8 Å². The molecule has 1 aromatic heterocycles. The number of non-ortho nitro benzene ring substituents is 1. The molecular weight excluding hydrogens is 356 g/mol. The van der Waals surface area contributed by atoms with Gasteiger partial charge in [-0.15, -0.1) is 0 Å². The molecule has 0 bridgehead atoms. The van der Waals surface area contributed by atoms with Gasteiger partial charge in [0.15, 0.2) is 5.52 Å². The summed E-state index contributed by atoms with van der Waals surface area (Å²) in [6.45, 7) is 0.405. The highest BCUT2D eigenvalue weighted by Gasteiger charge is 2.31. The molecule has 9 nitrogen and oxygen atoms in total. The maximum Gasteiger partial charge on any atom is 0.305 e. The maximum absolute atomic E-state index is 12.8. The standard InChI is InChI=1S/C13H12N4O5S2/c18-11(19)5-8-6-23-2-1-16(8)13(20)7-3-9-12(15-24-14-9)10(4-7)17(21)22/h3-4,8H,1-2,5-6H2,(H,18,19). The van der Waals surface area contributed by atoms with E-state index in [1.54, 1.807) is 11.8 Å². The van der Waals surface area contributed by atoms with Crippen LogP contribution in [0.25, 0.3) is 11.0 Å². The second-order valence-electron chi connectivity index (χ2n) is 5.21. The number of thioether (sulfide) groups is 1. The van der Waals surface area contributed by atoms with Gasteiger partial charge in [0.25, 0.3) is 11.6 Å². The third-order valence-corrected chi connectivity index (χ3v) is 5.32. The quantitative estimate of drug-likeness (QED) is 0.637. The number of amides is 1. The van der Waals surface area contributed by atoms with E-state index in [1.165, 1.54) is 17.0 Å². The third-order valence-electron chi connectivity index (χ3n) is 3.68. The number of aliphatic carboxylic acids is 1. The van der Waals surface area contributed by atoms with Crippen molar-refractivity contribution in [1.82, 2.24) is 13.6 Å². The molecule has 11 heteroatoms.